The zero-order valence-electron chi connectivity index (χ0n) is 23.7. The van der Waals surface area contributed by atoms with Crippen LogP contribution in [0.2, 0.25) is 0 Å². The Morgan fingerprint density at radius 1 is 1.07 bits per heavy atom. The lowest BCUT2D eigenvalue weighted by molar-refractivity contribution is 0.0519. The predicted molar refractivity (Wildman–Crippen MR) is 155 cm³/mol. The number of ether oxygens (including phenoxy) is 3. The van der Waals surface area contributed by atoms with Gasteiger partial charge in [-0.3, -0.25) is 0 Å². The molecule has 0 unspecified atom stereocenters. The van der Waals surface area contributed by atoms with Crippen molar-refractivity contribution in [3.05, 3.63) is 72.1 Å². The van der Waals surface area contributed by atoms with Crippen molar-refractivity contribution in [1.29, 1.82) is 0 Å². The van der Waals surface area contributed by atoms with Gasteiger partial charge in [0.1, 0.15) is 23.7 Å². The van der Waals surface area contributed by atoms with Crippen molar-refractivity contribution < 1.29 is 28.9 Å². The topological polar surface area (TPSA) is 140 Å². The molecule has 0 aliphatic carbocycles. The minimum Gasteiger partial charge on any atom is -0.497 e. The summed E-state index contributed by atoms with van der Waals surface area (Å²) in [5.41, 5.74) is 2.18. The van der Waals surface area contributed by atoms with Gasteiger partial charge in [-0.05, 0) is 50.6 Å². The molecule has 1 amide bonds. The number of hydrogen-bond donors (Lipinski definition) is 3. The van der Waals surface area contributed by atoms with E-state index in [1.807, 2.05) is 54.4 Å². The number of carbonyl (C=O) groups excluding carboxylic acids is 1. The fourth-order valence-electron chi connectivity index (χ4n) is 3.98. The Hall–Kier alpha value is -5.00. The van der Waals surface area contributed by atoms with Crippen molar-refractivity contribution in [3.8, 4) is 11.5 Å². The summed E-state index contributed by atoms with van der Waals surface area (Å²) in [6, 6.07) is 16.8. The summed E-state index contributed by atoms with van der Waals surface area (Å²) in [7, 11) is 3.52. The van der Waals surface area contributed by atoms with Gasteiger partial charge in [0.05, 0.1) is 25.5 Å². The number of nitrogens with one attached hydrogen (secondary N) is 2. The second-order valence-electron chi connectivity index (χ2n) is 10.2. The quantitative estimate of drug-likeness (QED) is 0.220. The van der Waals surface area contributed by atoms with Crippen LogP contribution in [0.25, 0.3) is 5.65 Å². The van der Waals surface area contributed by atoms with Crippen LogP contribution in [-0.4, -0.2) is 64.7 Å². The van der Waals surface area contributed by atoms with E-state index in [9.17, 15) is 14.7 Å². The van der Waals surface area contributed by atoms with Gasteiger partial charge in [0.25, 0.3) is 0 Å². The molecule has 0 saturated heterocycles. The van der Waals surface area contributed by atoms with Crippen LogP contribution in [0.1, 0.15) is 36.8 Å². The average Bonchev–Trinajstić information content (AvgIpc) is 3.35. The molecule has 0 atom stereocenters. The first-order valence-corrected chi connectivity index (χ1v) is 13.0. The lowest BCUT2D eigenvalue weighted by atomic mass is 10.2. The average molecular weight is 563 g/mol. The van der Waals surface area contributed by atoms with E-state index in [0.29, 0.717) is 35.1 Å². The lowest BCUT2D eigenvalue weighted by Crippen LogP contribution is -2.34. The molecular formula is C29H34N6O6. The number of carboxylic acid groups (broad SMARTS) is 1. The number of aromatic nitrogens is 3. The van der Waals surface area contributed by atoms with E-state index in [0.717, 1.165) is 11.3 Å². The molecule has 3 N–H and O–H groups in total. The van der Waals surface area contributed by atoms with Gasteiger partial charge in [0, 0.05) is 31.4 Å². The molecule has 41 heavy (non-hydrogen) atoms. The number of hydrogen-bond acceptors (Lipinski definition) is 9. The van der Waals surface area contributed by atoms with Crippen molar-refractivity contribution in [3.63, 3.8) is 0 Å². The zero-order chi connectivity index (χ0) is 29.6. The van der Waals surface area contributed by atoms with Crippen LogP contribution in [-0.2, 0) is 11.3 Å². The SMILES string of the molecule is COc1ccc(CN(C)c2cc(Nc3cccc(OCCNC(=O)OC(C)(C)C)c3)nn3c(C(=O)O)cnc23)cc1. The number of anilines is 3. The Morgan fingerprint density at radius 2 is 1.83 bits per heavy atom. The molecule has 0 radical (unpaired) electrons. The summed E-state index contributed by atoms with van der Waals surface area (Å²) >= 11 is 0. The highest BCUT2D eigenvalue weighted by Crippen LogP contribution is 2.28. The number of fused-ring (bicyclic) bond motifs is 1. The number of nitrogens with zero attached hydrogens (tertiary/aromatic N) is 4. The van der Waals surface area contributed by atoms with Crippen molar-refractivity contribution in [2.45, 2.75) is 32.9 Å². The minimum atomic E-state index is -1.14. The fourth-order valence-corrected chi connectivity index (χ4v) is 3.98. The van der Waals surface area contributed by atoms with E-state index in [-0.39, 0.29) is 18.8 Å². The van der Waals surface area contributed by atoms with Gasteiger partial charge in [-0.25, -0.2) is 19.1 Å². The van der Waals surface area contributed by atoms with Gasteiger partial charge in [0.2, 0.25) is 0 Å². The zero-order valence-corrected chi connectivity index (χ0v) is 23.7. The van der Waals surface area contributed by atoms with Gasteiger partial charge < -0.3 is 34.9 Å². The Bertz CT molecular complexity index is 1510. The summed E-state index contributed by atoms with van der Waals surface area (Å²) in [5, 5.41) is 20.1. The Balaban J connectivity index is 1.51. The van der Waals surface area contributed by atoms with Gasteiger partial charge in [-0.2, -0.15) is 0 Å². The third-order valence-electron chi connectivity index (χ3n) is 5.80. The van der Waals surface area contributed by atoms with E-state index in [1.54, 1.807) is 40.0 Å². The van der Waals surface area contributed by atoms with E-state index in [4.69, 9.17) is 14.2 Å². The molecule has 2 aromatic carbocycles. The number of rotatable bonds is 11. The molecule has 216 valence electrons. The number of imidazole rings is 1. The molecule has 0 aliphatic heterocycles. The highest BCUT2D eigenvalue weighted by atomic mass is 16.6. The van der Waals surface area contributed by atoms with E-state index in [1.165, 1.54) is 10.7 Å². The summed E-state index contributed by atoms with van der Waals surface area (Å²) < 4.78 is 17.6. The Labute approximate surface area is 237 Å². The lowest BCUT2D eigenvalue weighted by Gasteiger charge is -2.21. The molecule has 2 heterocycles. The molecule has 0 saturated carbocycles. The maximum absolute atomic E-state index is 11.9. The highest BCUT2D eigenvalue weighted by molar-refractivity contribution is 5.88. The first kappa shape index (κ1) is 29.0. The van der Waals surface area contributed by atoms with Crippen LogP contribution < -0.4 is 25.0 Å². The largest absolute Gasteiger partial charge is 0.497 e. The molecule has 0 spiro atoms. The number of aromatic carboxylic acids is 1. The predicted octanol–water partition coefficient (Wildman–Crippen LogP) is 4.72. The Kier molecular flexibility index (Phi) is 8.81. The van der Waals surface area contributed by atoms with E-state index < -0.39 is 17.7 Å². The first-order valence-electron chi connectivity index (χ1n) is 13.0. The molecule has 2 aromatic heterocycles. The molecule has 0 bridgehead atoms. The summed E-state index contributed by atoms with van der Waals surface area (Å²) in [6.45, 7) is 6.44. The standard InChI is InChI=1S/C29H34N6O6/c1-29(2,3)41-28(38)30-13-14-40-22-8-6-7-20(15-22)32-25-16-23(26-31-17-24(27(36)37)35(26)33-25)34(4)18-19-9-11-21(39-5)12-10-19/h6-12,15-17H,13-14,18H2,1-5H3,(H,30,38)(H,32,33)(H,36,37). The van der Waals surface area contributed by atoms with Crippen LogP contribution in [0.15, 0.2) is 60.8 Å². The van der Waals surface area contributed by atoms with Crippen molar-refractivity contribution >= 4 is 34.9 Å². The van der Waals surface area contributed by atoms with Crippen molar-refractivity contribution in [1.82, 2.24) is 19.9 Å². The molecular weight excluding hydrogens is 528 g/mol. The van der Waals surface area contributed by atoms with Gasteiger partial charge in [0.15, 0.2) is 17.2 Å². The van der Waals surface area contributed by atoms with Crippen LogP contribution in [0, 0.1) is 0 Å². The third-order valence-corrected chi connectivity index (χ3v) is 5.80. The summed E-state index contributed by atoms with van der Waals surface area (Å²) in [6.07, 6.45) is 0.782. The maximum Gasteiger partial charge on any atom is 0.407 e. The number of amides is 1. The van der Waals surface area contributed by atoms with Crippen LogP contribution in [0.4, 0.5) is 22.0 Å². The minimum absolute atomic E-state index is 0.0580. The van der Waals surface area contributed by atoms with E-state index in [2.05, 4.69) is 20.7 Å². The molecule has 0 aliphatic rings. The molecule has 4 aromatic rings. The smallest absolute Gasteiger partial charge is 0.407 e. The summed E-state index contributed by atoms with van der Waals surface area (Å²) in [4.78, 5) is 30.0. The number of methoxy groups -OCH3 is 1. The van der Waals surface area contributed by atoms with Gasteiger partial charge in [-0.1, -0.05) is 18.2 Å². The molecule has 0 fully saturated rings. The van der Waals surface area contributed by atoms with Gasteiger partial charge in [-0.15, -0.1) is 5.10 Å². The molecule has 4 rings (SSSR count). The van der Waals surface area contributed by atoms with Crippen molar-refractivity contribution in [2.75, 3.05) is 37.5 Å². The number of carbonyl (C=O) groups is 2. The van der Waals surface area contributed by atoms with E-state index >= 15 is 0 Å². The van der Waals surface area contributed by atoms with Crippen LogP contribution >= 0.6 is 0 Å². The third kappa shape index (κ3) is 7.78. The van der Waals surface area contributed by atoms with Gasteiger partial charge >= 0.3 is 12.1 Å². The number of benzene rings is 2. The second kappa shape index (κ2) is 12.5. The maximum atomic E-state index is 11.9. The van der Waals surface area contributed by atoms with Crippen molar-refractivity contribution in [2.24, 2.45) is 0 Å². The number of alkyl carbamates (subject to hydrolysis) is 1. The number of carboxylic acids is 1. The summed E-state index contributed by atoms with van der Waals surface area (Å²) in [5.74, 6) is 0.617. The Morgan fingerprint density at radius 3 is 2.51 bits per heavy atom. The second-order valence-corrected chi connectivity index (χ2v) is 10.2. The molecule has 12 nitrogen and oxygen atoms in total. The monoisotopic (exact) mass is 562 g/mol. The van der Waals surface area contributed by atoms with Crippen LogP contribution in [0.5, 0.6) is 11.5 Å². The first-order chi connectivity index (χ1) is 19.5. The molecule has 12 heteroatoms. The normalized spacial score (nSPS) is 11.1. The fraction of sp³-hybridized carbons (Fsp3) is 0.310. The van der Waals surface area contributed by atoms with Crippen LogP contribution in [0.3, 0.4) is 0 Å². The highest BCUT2D eigenvalue weighted by Gasteiger charge is 2.19.